The Morgan fingerprint density at radius 1 is 1.16 bits per heavy atom. The number of carbonyl (C=O) groups excluding carboxylic acids is 1. The third kappa shape index (κ3) is 4.31. The SMILES string of the molecule is C=CCN(Cc1ccc(Cl)s1)C(=O)c1ccc(-n2c(C)nc3ccccc3c2=O)cc1. The normalized spacial score (nSPS) is 10.9. The van der Waals surface area contributed by atoms with E-state index < -0.39 is 0 Å². The molecule has 0 aliphatic carbocycles. The first-order chi connectivity index (χ1) is 15.0. The molecule has 156 valence electrons. The number of hydrogen-bond acceptors (Lipinski definition) is 4. The third-order valence-electron chi connectivity index (χ3n) is 4.93. The third-order valence-corrected chi connectivity index (χ3v) is 6.14. The van der Waals surface area contributed by atoms with Crippen LogP contribution in [0.15, 0.2) is 78.1 Å². The van der Waals surface area contributed by atoms with Crippen molar-refractivity contribution in [3.05, 3.63) is 104 Å². The van der Waals surface area contributed by atoms with Crippen molar-refractivity contribution in [3.63, 3.8) is 0 Å². The number of fused-ring (bicyclic) bond motifs is 1. The summed E-state index contributed by atoms with van der Waals surface area (Å²) in [6.45, 7) is 6.43. The van der Waals surface area contributed by atoms with Gasteiger partial charge in [0.25, 0.3) is 11.5 Å². The summed E-state index contributed by atoms with van der Waals surface area (Å²) in [5.74, 6) is 0.474. The molecule has 0 unspecified atom stereocenters. The molecule has 0 N–H and O–H groups in total. The topological polar surface area (TPSA) is 55.2 Å². The lowest BCUT2D eigenvalue weighted by Crippen LogP contribution is -2.30. The molecule has 2 aromatic heterocycles. The molecule has 0 radical (unpaired) electrons. The molecule has 4 rings (SSSR count). The Bertz CT molecular complexity index is 1320. The number of rotatable bonds is 6. The minimum atomic E-state index is -0.134. The number of thiophene rings is 1. The lowest BCUT2D eigenvalue weighted by Gasteiger charge is -2.21. The lowest BCUT2D eigenvalue weighted by atomic mass is 10.1. The first-order valence-electron chi connectivity index (χ1n) is 9.71. The van der Waals surface area contributed by atoms with Crippen LogP contribution in [0.25, 0.3) is 16.6 Å². The molecular weight excluding hydrogens is 430 g/mol. The van der Waals surface area contributed by atoms with Crippen LogP contribution >= 0.6 is 22.9 Å². The highest BCUT2D eigenvalue weighted by Crippen LogP contribution is 2.23. The fourth-order valence-electron chi connectivity index (χ4n) is 3.48. The standard InChI is InChI=1S/C24H20ClN3O2S/c1-3-14-27(15-19-12-13-22(25)31-19)23(29)17-8-10-18(11-9-17)28-16(2)26-21-7-5-4-6-20(21)24(28)30/h3-13H,1,14-15H2,2H3. The number of amides is 1. The van der Waals surface area contributed by atoms with Gasteiger partial charge in [-0.15, -0.1) is 17.9 Å². The van der Waals surface area contributed by atoms with Gasteiger partial charge in [0.15, 0.2) is 0 Å². The monoisotopic (exact) mass is 449 g/mol. The van der Waals surface area contributed by atoms with Gasteiger partial charge in [0, 0.05) is 17.0 Å². The number of hydrogen-bond donors (Lipinski definition) is 0. The average Bonchev–Trinajstić information content (AvgIpc) is 3.18. The van der Waals surface area contributed by atoms with Crippen LogP contribution in [0.4, 0.5) is 0 Å². The van der Waals surface area contributed by atoms with Gasteiger partial charge in [0.1, 0.15) is 5.82 Å². The van der Waals surface area contributed by atoms with Crippen LogP contribution in [0.1, 0.15) is 21.1 Å². The van der Waals surface area contributed by atoms with Crippen LogP contribution in [0, 0.1) is 6.92 Å². The van der Waals surface area contributed by atoms with E-state index in [4.69, 9.17) is 11.6 Å². The van der Waals surface area contributed by atoms with Gasteiger partial charge in [-0.05, 0) is 55.5 Å². The van der Waals surface area contributed by atoms with Crippen molar-refractivity contribution in [1.29, 1.82) is 0 Å². The summed E-state index contributed by atoms with van der Waals surface area (Å²) in [5, 5.41) is 0.556. The van der Waals surface area contributed by atoms with E-state index in [1.807, 2.05) is 30.3 Å². The largest absolute Gasteiger partial charge is 0.330 e. The molecule has 0 spiro atoms. The van der Waals surface area contributed by atoms with E-state index in [-0.39, 0.29) is 11.5 Å². The van der Waals surface area contributed by atoms with E-state index >= 15 is 0 Å². The second-order valence-corrected chi connectivity index (χ2v) is 8.84. The Labute approximate surface area is 188 Å². The summed E-state index contributed by atoms with van der Waals surface area (Å²) in [6, 6.07) is 18.0. The first-order valence-corrected chi connectivity index (χ1v) is 10.9. The zero-order valence-corrected chi connectivity index (χ0v) is 18.5. The van der Waals surface area contributed by atoms with Crippen LogP contribution in [0.3, 0.4) is 0 Å². The summed E-state index contributed by atoms with van der Waals surface area (Å²) in [7, 11) is 0. The summed E-state index contributed by atoms with van der Waals surface area (Å²) in [4.78, 5) is 33.3. The zero-order chi connectivity index (χ0) is 22.0. The smallest absolute Gasteiger partial charge is 0.265 e. The molecule has 0 saturated carbocycles. The Hall–Kier alpha value is -3.22. The van der Waals surface area contributed by atoms with Crippen LogP contribution in [0.5, 0.6) is 0 Å². The van der Waals surface area contributed by atoms with Gasteiger partial charge in [0.05, 0.1) is 27.5 Å². The maximum Gasteiger partial charge on any atom is 0.265 e. The second-order valence-electron chi connectivity index (χ2n) is 7.04. The summed E-state index contributed by atoms with van der Waals surface area (Å²) in [5.41, 5.74) is 1.73. The van der Waals surface area contributed by atoms with Crippen LogP contribution < -0.4 is 5.56 Å². The number of para-hydroxylation sites is 1. The molecule has 0 fully saturated rings. The van der Waals surface area contributed by atoms with Crippen molar-refractivity contribution >= 4 is 39.7 Å². The zero-order valence-electron chi connectivity index (χ0n) is 16.9. The second kappa shape index (κ2) is 8.88. The van der Waals surface area contributed by atoms with Gasteiger partial charge in [-0.25, -0.2) is 4.98 Å². The average molecular weight is 450 g/mol. The minimum Gasteiger partial charge on any atom is -0.330 e. The van der Waals surface area contributed by atoms with Crippen LogP contribution in [0.2, 0.25) is 4.34 Å². The fourth-order valence-corrected chi connectivity index (χ4v) is 4.59. The Morgan fingerprint density at radius 3 is 2.58 bits per heavy atom. The van der Waals surface area contributed by atoms with Gasteiger partial charge in [-0.3, -0.25) is 14.2 Å². The van der Waals surface area contributed by atoms with E-state index in [1.165, 1.54) is 11.3 Å². The van der Waals surface area contributed by atoms with Crippen molar-refractivity contribution in [2.75, 3.05) is 6.54 Å². The molecule has 2 heterocycles. The number of aromatic nitrogens is 2. The first kappa shape index (κ1) is 21.0. The van der Waals surface area contributed by atoms with Crippen molar-refractivity contribution < 1.29 is 4.79 Å². The van der Waals surface area contributed by atoms with E-state index in [9.17, 15) is 9.59 Å². The van der Waals surface area contributed by atoms with E-state index in [0.29, 0.717) is 45.4 Å². The maximum absolute atomic E-state index is 13.1. The van der Waals surface area contributed by atoms with Crippen LogP contribution in [-0.4, -0.2) is 26.9 Å². The van der Waals surface area contributed by atoms with Crippen molar-refractivity contribution in [2.24, 2.45) is 0 Å². The molecule has 5 nitrogen and oxygen atoms in total. The van der Waals surface area contributed by atoms with Crippen LogP contribution in [-0.2, 0) is 6.54 Å². The molecule has 31 heavy (non-hydrogen) atoms. The summed E-state index contributed by atoms with van der Waals surface area (Å²) >= 11 is 7.47. The number of benzene rings is 2. The molecule has 0 aliphatic heterocycles. The van der Waals surface area contributed by atoms with Gasteiger partial charge in [-0.2, -0.15) is 0 Å². The van der Waals surface area contributed by atoms with E-state index in [1.54, 1.807) is 52.8 Å². The summed E-state index contributed by atoms with van der Waals surface area (Å²) < 4.78 is 2.25. The van der Waals surface area contributed by atoms with Crippen molar-refractivity contribution in [1.82, 2.24) is 14.5 Å². The Balaban J connectivity index is 1.64. The van der Waals surface area contributed by atoms with Crippen molar-refractivity contribution in [2.45, 2.75) is 13.5 Å². The number of aryl methyl sites for hydroxylation is 1. The van der Waals surface area contributed by atoms with Gasteiger partial charge in [-0.1, -0.05) is 29.8 Å². The molecule has 0 atom stereocenters. The van der Waals surface area contributed by atoms with E-state index in [2.05, 4.69) is 11.6 Å². The highest BCUT2D eigenvalue weighted by Gasteiger charge is 2.17. The molecule has 4 aromatic rings. The molecule has 0 saturated heterocycles. The highest BCUT2D eigenvalue weighted by molar-refractivity contribution is 7.16. The highest BCUT2D eigenvalue weighted by atomic mass is 35.5. The van der Waals surface area contributed by atoms with E-state index in [0.717, 1.165) is 4.88 Å². The molecular formula is C24H20ClN3O2S. The quantitative estimate of drug-likeness (QED) is 0.378. The molecule has 1 amide bonds. The maximum atomic E-state index is 13.1. The fraction of sp³-hybridized carbons (Fsp3) is 0.125. The van der Waals surface area contributed by atoms with Gasteiger partial charge in [0.2, 0.25) is 0 Å². The Morgan fingerprint density at radius 2 is 1.90 bits per heavy atom. The molecule has 0 bridgehead atoms. The number of nitrogens with zero attached hydrogens (tertiary/aromatic N) is 3. The number of halogens is 1. The predicted octanol–water partition coefficient (Wildman–Crippen LogP) is 5.24. The minimum absolute atomic E-state index is 0.114. The van der Waals surface area contributed by atoms with Gasteiger partial charge >= 0.3 is 0 Å². The molecule has 7 heteroatoms. The number of carbonyl (C=O) groups is 1. The lowest BCUT2D eigenvalue weighted by molar-refractivity contribution is 0.0764. The molecule has 0 aliphatic rings. The van der Waals surface area contributed by atoms with Crippen molar-refractivity contribution in [3.8, 4) is 5.69 Å². The van der Waals surface area contributed by atoms with Gasteiger partial charge < -0.3 is 4.90 Å². The molecule has 2 aromatic carbocycles. The summed E-state index contributed by atoms with van der Waals surface area (Å²) in [6.07, 6.45) is 1.70. The Kier molecular flexibility index (Phi) is 6.02. The predicted molar refractivity (Wildman–Crippen MR) is 126 cm³/mol.